The van der Waals surface area contributed by atoms with Gasteiger partial charge in [-0.25, -0.2) is 12.7 Å². The highest BCUT2D eigenvalue weighted by molar-refractivity contribution is 7.89. The first-order valence-corrected chi connectivity index (χ1v) is 6.87. The summed E-state index contributed by atoms with van der Waals surface area (Å²) in [6, 6.07) is 0. The first-order valence-electron chi connectivity index (χ1n) is 4.83. The van der Waals surface area contributed by atoms with E-state index in [1.807, 2.05) is 20.8 Å². The summed E-state index contributed by atoms with van der Waals surface area (Å²) in [5, 5.41) is -0.00950. The Kier molecular flexibility index (Phi) is 3.49. The summed E-state index contributed by atoms with van der Waals surface area (Å²) in [4.78, 5) is 0. The van der Waals surface area contributed by atoms with Crippen LogP contribution in [0.15, 0.2) is 0 Å². The topological polar surface area (TPSA) is 37.4 Å². The lowest BCUT2D eigenvalue weighted by atomic mass is 10.0. The lowest BCUT2D eigenvalue weighted by molar-refractivity contribution is 0.425. The first-order chi connectivity index (χ1) is 6.21. The molecular formula is C9H18ClNO2S. The quantitative estimate of drug-likeness (QED) is 0.688. The third-order valence-electron chi connectivity index (χ3n) is 2.10. The molecule has 0 saturated carbocycles. The van der Waals surface area contributed by atoms with E-state index in [2.05, 4.69) is 0 Å². The van der Waals surface area contributed by atoms with Gasteiger partial charge in [0.2, 0.25) is 10.0 Å². The molecule has 0 bridgehead atoms. The highest BCUT2D eigenvalue weighted by Crippen LogP contribution is 2.23. The monoisotopic (exact) mass is 239 g/mol. The summed E-state index contributed by atoms with van der Waals surface area (Å²) in [5.74, 6) is 0.198. The van der Waals surface area contributed by atoms with Crippen molar-refractivity contribution in [1.82, 2.24) is 4.31 Å². The van der Waals surface area contributed by atoms with Gasteiger partial charge in [-0.3, -0.25) is 0 Å². The molecule has 3 nitrogen and oxygen atoms in total. The second kappa shape index (κ2) is 3.99. The number of alkyl halides is 1. The van der Waals surface area contributed by atoms with E-state index in [0.717, 1.165) is 6.42 Å². The maximum Gasteiger partial charge on any atom is 0.214 e. The lowest BCUT2D eigenvalue weighted by Crippen LogP contribution is -2.35. The van der Waals surface area contributed by atoms with Crippen LogP contribution in [0.25, 0.3) is 0 Å². The van der Waals surface area contributed by atoms with E-state index in [0.29, 0.717) is 13.1 Å². The molecule has 1 rings (SSSR count). The van der Waals surface area contributed by atoms with Gasteiger partial charge >= 0.3 is 0 Å². The Morgan fingerprint density at radius 2 is 2.00 bits per heavy atom. The van der Waals surface area contributed by atoms with Gasteiger partial charge in [-0.05, 0) is 11.8 Å². The third kappa shape index (κ3) is 3.41. The molecule has 84 valence electrons. The van der Waals surface area contributed by atoms with Gasteiger partial charge < -0.3 is 0 Å². The molecule has 1 unspecified atom stereocenters. The van der Waals surface area contributed by atoms with Gasteiger partial charge in [0.05, 0.1) is 5.75 Å². The van der Waals surface area contributed by atoms with Crippen LogP contribution in [0.4, 0.5) is 0 Å². The fraction of sp³-hybridized carbons (Fsp3) is 1.00. The fourth-order valence-electron chi connectivity index (χ4n) is 1.58. The van der Waals surface area contributed by atoms with E-state index in [-0.39, 0.29) is 16.5 Å². The molecule has 0 aliphatic carbocycles. The molecule has 0 N–H and O–H groups in total. The maximum atomic E-state index is 11.9. The number of hydrogen-bond acceptors (Lipinski definition) is 2. The van der Waals surface area contributed by atoms with E-state index in [1.54, 1.807) is 0 Å². The smallest absolute Gasteiger partial charge is 0.212 e. The van der Waals surface area contributed by atoms with E-state index in [9.17, 15) is 8.42 Å². The molecule has 14 heavy (non-hydrogen) atoms. The SMILES string of the molecule is CC(C)(C)CS(=O)(=O)N1CCC(Cl)C1. The van der Waals surface area contributed by atoms with Gasteiger partial charge in [-0.2, -0.15) is 0 Å². The van der Waals surface area contributed by atoms with Gasteiger partial charge in [-0.1, -0.05) is 20.8 Å². The van der Waals surface area contributed by atoms with Crippen molar-refractivity contribution >= 4 is 21.6 Å². The Labute approximate surface area is 91.5 Å². The molecule has 0 spiro atoms. The highest BCUT2D eigenvalue weighted by Gasteiger charge is 2.33. The molecule has 0 aromatic carbocycles. The van der Waals surface area contributed by atoms with Crippen molar-refractivity contribution in [2.75, 3.05) is 18.8 Å². The predicted molar refractivity (Wildman–Crippen MR) is 59.1 cm³/mol. The van der Waals surface area contributed by atoms with Gasteiger partial charge in [0.15, 0.2) is 0 Å². The Hall–Kier alpha value is 0.200. The average molecular weight is 240 g/mol. The van der Waals surface area contributed by atoms with Crippen LogP contribution in [-0.4, -0.2) is 36.9 Å². The molecule has 1 heterocycles. The van der Waals surface area contributed by atoms with Crippen LogP contribution in [-0.2, 0) is 10.0 Å². The maximum absolute atomic E-state index is 11.9. The predicted octanol–water partition coefficient (Wildman–Crippen LogP) is 1.68. The van der Waals surface area contributed by atoms with Crippen molar-refractivity contribution in [2.24, 2.45) is 5.41 Å². The molecule has 1 saturated heterocycles. The van der Waals surface area contributed by atoms with Crippen molar-refractivity contribution in [2.45, 2.75) is 32.6 Å². The third-order valence-corrected chi connectivity index (χ3v) is 4.81. The Balaban J connectivity index is 2.67. The van der Waals surface area contributed by atoms with Gasteiger partial charge in [0.25, 0.3) is 0 Å². The van der Waals surface area contributed by atoms with Crippen LogP contribution in [0.2, 0.25) is 0 Å². The van der Waals surface area contributed by atoms with Crippen molar-refractivity contribution in [3.05, 3.63) is 0 Å². The molecule has 1 atom stereocenters. The number of nitrogens with zero attached hydrogens (tertiary/aromatic N) is 1. The molecule has 5 heteroatoms. The zero-order valence-electron chi connectivity index (χ0n) is 8.96. The van der Waals surface area contributed by atoms with Crippen LogP contribution < -0.4 is 0 Å². The van der Waals surface area contributed by atoms with Crippen molar-refractivity contribution in [3.63, 3.8) is 0 Å². The zero-order valence-corrected chi connectivity index (χ0v) is 10.5. The number of sulfonamides is 1. The number of hydrogen-bond donors (Lipinski definition) is 0. The van der Waals surface area contributed by atoms with Crippen LogP contribution in [0.1, 0.15) is 27.2 Å². The van der Waals surface area contributed by atoms with Gasteiger partial charge in [0.1, 0.15) is 0 Å². The van der Waals surface area contributed by atoms with Crippen molar-refractivity contribution in [3.8, 4) is 0 Å². The van der Waals surface area contributed by atoms with Gasteiger partial charge in [-0.15, -0.1) is 11.6 Å². The Morgan fingerprint density at radius 3 is 2.36 bits per heavy atom. The summed E-state index contributed by atoms with van der Waals surface area (Å²) in [6.07, 6.45) is 0.769. The minimum atomic E-state index is -3.10. The summed E-state index contributed by atoms with van der Waals surface area (Å²) < 4.78 is 25.2. The molecule has 0 amide bonds. The largest absolute Gasteiger partial charge is 0.214 e. The Bertz CT molecular complexity index is 294. The van der Waals surface area contributed by atoms with E-state index >= 15 is 0 Å². The molecule has 1 aliphatic rings. The van der Waals surface area contributed by atoms with E-state index in [4.69, 9.17) is 11.6 Å². The molecule has 0 radical (unpaired) electrons. The molecular weight excluding hydrogens is 222 g/mol. The molecule has 0 aromatic heterocycles. The number of halogens is 1. The van der Waals surface area contributed by atoms with Gasteiger partial charge in [0, 0.05) is 18.5 Å². The average Bonchev–Trinajstić information content (AvgIpc) is 2.29. The molecule has 0 aromatic rings. The van der Waals surface area contributed by atoms with Crippen LogP contribution >= 0.6 is 11.6 Å². The minimum Gasteiger partial charge on any atom is -0.212 e. The summed E-state index contributed by atoms with van der Waals surface area (Å²) in [5.41, 5.74) is -0.191. The molecule has 1 aliphatic heterocycles. The van der Waals surface area contributed by atoms with Crippen molar-refractivity contribution in [1.29, 1.82) is 0 Å². The summed E-state index contributed by atoms with van der Waals surface area (Å²) >= 11 is 5.88. The minimum absolute atomic E-state index is 0.00950. The normalized spacial score (nSPS) is 25.6. The van der Waals surface area contributed by atoms with Crippen LogP contribution in [0.5, 0.6) is 0 Å². The lowest BCUT2D eigenvalue weighted by Gasteiger charge is -2.23. The van der Waals surface area contributed by atoms with Crippen LogP contribution in [0.3, 0.4) is 0 Å². The highest BCUT2D eigenvalue weighted by atomic mass is 35.5. The first kappa shape index (κ1) is 12.3. The van der Waals surface area contributed by atoms with E-state index < -0.39 is 10.0 Å². The fourth-order valence-corrected chi connectivity index (χ4v) is 3.99. The van der Waals surface area contributed by atoms with Crippen molar-refractivity contribution < 1.29 is 8.42 Å². The summed E-state index contributed by atoms with van der Waals surface area (Å²) in [6.45, 7) is 6.84. The second-order valence-electron chi connectivity index (χ2n) is 5.06. The van der Waals surface area contributed by atoms with Crippen LogP contribution in [0, 0.1) is 5.41 Å². The standard InChI is InChI=1S/C9H18ClNO2S/c1-9(2,3)7-14(12,13)11-5-4-8(10)6-11/h8H,4-7H2,1-3H3. The number of rotatable bonds is 2. The molecule has 1 fully saturated rings. The van der Waals surface area contributed by atoms with E-state index in [1.165, 1.54) is 4.31 Å². The Morgan fingerprint density at radius 1 is 1.43 bits per heavy atom. The zero-order chi connectivity index (χ0) is 11.0. The second-order valence-corrected chi connectivity index (χ2v) is 7.65. The summed E-state index contributed by atoms with van der Waals surface area (Å²) in [7, 11) is -3.10.